The summed E-state index contributed by atoms with van der Waals surface area (Å²) in [6, 6.07) is 15.8. The highest BCUT2D eigenvalue weighted by atomic mass is 16.5. The minimum Gasteiger partial charge on any atom is -0.491 e. The molecular formula is C22H29N3O2. The number of urea groups is 1. The molecule has 2 aromatic carbocycles. The second kappa shape index (κ2) is 9.31. The quantitative estimate of drug-likeness (QED) is 0.703. The summed E-state index contributed by atoms with van der Waals surface area (Å²) in [5.74, 6) is 1.29. The van der Waals surface area contributed by atoms with Crippen LogP contribution in [0.15, 0.2) is 48.5 Å². The lowest BCUT2D eigenvalue weighted by Crippen LogP contribution is -2.32. The molecule has 1 saturated heterocycles. The molecular weight excluding hydrogens is 338 g/mol. The first-order valence-electron chi connectivity index (χ1n) is 9.75. The van der Waals surface area contributed by atoms with E-state index in [-0.39, 0.29) is 6.03 Å². The largest absolute Gasteiger partial charge is 0.491 e. The average molecular weight is 367 g/mol. The highest BCUT2D eigenvalue weighted by molar-refractivity contribution is 5.89. The highest BCUT2D eigenvalue weighted by Gasteiger charge is 2.12. The predicted octanol–water partition coefficient (Wildman–Crippen LogP) is 4.61. The standard InChI is InChI=1S/C22H29N3O2/c1-17(2)20-7-3-4-8-21(20)27-16-13-23-22(26)24-18-9-11-19(12-10-18)25-14-5-6-15-25/h3-4,7-12,17H,5-6,13-16H2,1-2H3,(H2,23,24,26). The van der Waals surface area contributed by atoms with E-state index in [1.807, 2.05) is 30.3 Å². The molecule has 1 heterocycles. The van der Waals surface area contributed by atoms with Crippen LogP contribution in [0.25, 0.3) is 0 Å². The van der Waals surface area contributed by atoms with Crippen LogP contribution in [0.5, 0.6) is 5.75 Å². The number of carbonyl (C=O) groups excluding carboxylic acids is 1. The first-order valence-corrected chi connectivity index (χ1v) is 9.75. The molecule has 0 aliphatic carbocycles. The van der Waals surface area contributed by atoms with Crippen molar-refractivity contribution < 1.29 is 9.53 Å². The third-order valence-corrected chi connectivity index (χ3v) is 4.78. The normalized spacial score (nSPS) is 13.7. The van der Waals surface area contributed by atoms with Gasteiger partial charge in [0.15, 0.2) is 0 Å². The number of para-hydroxylation sites is 1. The lowest BCUT2D eigenvalue weighted by molar-refractivity contribution is 0.247. The molecule has 5 nitrogen and oxygen atoms in total. The summed E-state index contributed by atoms with van der Waals surface area (Å²) < 4.78 is 5.82. The molecule has 0 unspecified atom stereocenters. The monoisotopic (exact) mass is 367 g/mol. The Hall–Kier alpha value is -2.69. The van der Waals surface area contributed by atoms with Gasteiger partial charge >= 0.3 is 6.03 Å². The first kappa shape index (κ1) is 19.1. The zero-order valence-corrected chi connectivity index (χ0v) is 16.2. The topological polar surface area (TPSA) is 53.6 Å². The number of hydrogen-bond acceptors (Lipinski definition) is 3. The molecule has 2 amide bonds. The van der Waals surface area contributed by atoms with Crippen molar-refractivity contribution >= 4 is 17.4 Å². The lowest BCUT2D eigenvalue weighted by Gasteiger charge is -2.18. The van der Waals surface area contributed by atoms with E-state index < -0.39 is 0 Å². The van der Waals surface area contributed by atoms with Gasteiger partial charge in [0.05, 0.1) is 6.54 Å². The van der Waals surface area contributed by atoms with Crippen LogP contribution >= 0.6 is 0 Å². The molecule has 3 rings (SSSR count). The fourth-order valence-electron chi connectivity index (χ4n) is 3.32. The molecule has 0 saturated carbocycles. The van der Waals surface area contributed by atoms with Gasteiger partial charge in [-0.25, -0.2) is 4.79 Å². The number of hydrogen-bond donors (Lipinski definition) is 2. The molecule has 5 heteroatoms. The SMILES string of the molecule is CC(C)c1ccccc1OCCNC(=O)Nc1ccc(N2CCCC2)cc1. The number of anilines is 2. The molecule has 27 heavy (non-hydrogen) atoms. The molecule has 1 aliphatic heterocycles. The van der Waals surface area contributed by atoms with Crippen molar-refractivity contribution in [1.29, 1.82) is 0 Å². The van der Waals surface area contributed by atoms with Crippen molar-refractivity contribution in [2.45, 2.75) is 32.6 Å². The summed E-state index contributed by atoms with van der Waals surface area (Å²) in [4.78, 5) is 14.4. The van der Waals surface area contributed by atoms with Crippen LogP contribution in [0, 0.1) is 0 Å². The zero-order chi connectivity index (χ0) is 19.1. The molecule has 1 aliphatic rings. The van der Waals surface area contributed by atoms with Crippen LogP contribution < -0.4 is 20.3 Å². The highest BCUT2D eigenvalue weighted by Crippen LogP contribution is 2.25. The van der Waals surface area contributed by atoms with Gasteiger partial charge in [0.25, 0.3) is 0 Å². The molecule has 0 bridgehead atoms. The van der Waals surface area contributed by atoms with Gasteiger partial charge in [-0.2, -0.15) is 0 Å². The van der Waals surface area contributed by atoms with Crippen LogP contribution in [-0.4, -0.2) is 32.3 Å². The van der Waals surface area contributed by atoms with Gasteiger partial charge in [-0.1, -0.05) is 32.0 Å². The Morgan fingerprint density at radius 2 is 1.78 bits per heavy atom. The van der Waals surface area contributed by atoms with E-state index in [2.05, 4.69) is 47.6 Å². The second-order valence-electron chi connectivity index (χ2n) is 7.16. The Morgan fingerprint density at radius 3 is 2.48 bits per heavy atom. The maximum absolute atomic E-state index is 12.1. The van der Waals surface area contributed by atoms with Crippen molar-refractivity contribution in [2.24, 2.45) is 0 Å². The number of nitrogens with one attached hydrogen (secondary N) is 2. The Balaban J connectivity index is 1.41. The molecule has 144 valence electrons. The summed E-state index contributed by atoms with van der Waals surface area (Å²) >= 11 is 0. The number of rotatable bonds is 7. The van der Waals surface area contributed by atoms with Gasteiger partial charge in [0, 0.05) is 24.5 Å². The molecule has 2 aromatic rings. The van der Waals surface area contributed by atoms with E-state index in [1.165, 1.54) is 24.1 Å². The van der Waals surface area contributed by atoms with Crippen molar-refractivity contribution in [3.05, 3.63) is 54.1 Å². The van der Waals surface area contributed by atoms with Crippen molar-refractivity contribution in [1.82, 2.24) is 5.32 Å². The summed E-state index contributed by atoms with van der Waals surface area (Å²) in [6.45, 7) is 7.40. The smallest absolute Gasteiger partial charge is 0.319 e. The van der Waals surface area contributed by atoms with Gasteiger partial charge in [0.2, 0.25) is 0 Å². The Morgan fingerprint density at radius 1 is 1.07 bits per heavy atom. The fraction of sp³-hybridized carbons (Fsp3) is 0.409. The van der Waals surface area contributed by atoms with E-state index in [0.717, 1.165) is 24.5 Å². The van der Waals surface area contributed by atoms with Crippen LogP contribution in [0.1, 0.15) is 38.2 Å². The molecule has 0 radical (unpaired) electrons. The summed E-state index contributed by atoms with van der Waals surface area (Å²) in [5, 5.41) is 5.70. The fourth-order valence-corrected chi connectivity index (χ4v) is 3.32. The average Bonchev–Trinajstić information content (AvgIpc) is 3.21. The molecule has 0 aromatic heterocycles. The number of benzene rings is 2. The summed E-state index contributed by atoms with van der Waals surface area (Å²) in [5.41, 5.74) is 3.19. The molecule has 1 fully saturated rings. The number of nitrogens with zero attached hydrogens (tertiary/aromatic N) is 1. The van der Waals surface area contributed by atoms with Gasteiger partial charge in [-0.05, 0) is 54.7 Å². The third kappa shape index (κ3) is 5.39. The van der Waals surface area contributed by atoms with Crippen molar-refractivity contribution in [3.8, 4) is 5.75 Å². The van der Waals surface area contributed by atoms with Crippen molar-refractivity contribution in [3.63, 3.8) is 0 Å². The van der Waals surface area contributed by atoms with Crippen molar-refractivity contribution in [2.75, 3.05) is 36.5 Å². The third-order valence-electron chi connectivity index (χ3n) is 4.78. The van der Waals surface area contributed by atoms with E-state index in [1.54, 1.807) is 0 Å². The second-order valence-corrected chi connectivity index (χ2v) is 7.16. The van der Waals surface area contributed by atoms with Crippen LogP contribution in [0.3, 0.4) is 0 Å². The van der Waals surface area contributed by atoms with Crippen LogP contribution in [0.4, 0.5) is 16.2 Å². The van der Waals surface area contributed by atoms with E-state index >= 15 is 0 Å². The van der Waals surface area contributed by atoms with Gasteiger partial charge in [0.1, 0.15) is 12.4 Å². The van der Waals surface area contributed by atoms with Crippen LogP contribution in [0.2, 0.25) is 0 Å². The predicted molar refractivity (Wildman–Crippen MR) is 111 cm³/mol. The summed E-state index contributed by atoms with van der Waals surface area (Å²) in [6.07, 6.45) is 2.51. The maximum Gasteiger partial charge on any atom is 0.319 e. The Labute approximate surface area is 161 Å². The molecule has 2 N–H and O–H groups in total. The Kier molecular flexibility index (Phi) is 6.58. The van der Waals surface area contributed by atoms with E-state index in [4.69, 9.17) is 4.74 Å². The lowest BCUT2D eigenvalue weighted by atomic mass is 10.0. The minimum atomic E-state index is -0.218. The van der Waals surface area contributed by atoms with Gasteiger partial charge < -0.3 is 20.3 Å². The summed E-state index contributed by atoms with van der Waals surface area (Å²) in [7, 11) is 0. The molecule has 0 spiro atoms. The minimum absolute atomic E-state index is 0.218. The van der Waals surface area contributed by atoms with E-state index in [0.29, 0.717) is 19.1 Å². The number of ether oxygens (including phenoxy) is 1. The molecule has 0 atom stereocenters. The number of amides is 2. The van der Waals surface area contributed by atoms with Gasteiger partial charge in [-0.3, -0.25) is 0 Å². The maximum atomic E-state index is 12.1. The number of carbonyl (C=O) groups is 1. The zero-order valence-electron chi connectivity index (χ0n) is 16.2. The Bertz CT molecular complexity index is 737. The van der Waals surface area contributed by atoms with E-state index in [9.17, 15) is 4.79 Å². The van der Waals surface area contributed by atoms with Crippen LogP contribution in [-0.2, 0) is 0 Å². The van der Waals surface area contributed by atoms with Gasteiger partial charge in [-0.15, -0.1) is 0 Å². The first-order chi connectivity index (χ1) is 13.1.